The monoisotopic (exact) mass is 328 g/mol. The van der Waals surface area contributed by atoms with Crippen LogP contribution in [-0.2, 0) is 0 Å². The summed E-state index contributed by atoms with van der Waals surface area (Å²) >= 11 is 5.34. The Labute approximate surface area is 120 Å². The summed E-state index contributed by atoms with van der Waals surface area (Å²) in [7, 11) is 0. The van der Waals surface area contributed by atoms with Crippen molar-refractivity contribution < 1.29 is 4.79 Å². The Bertz CT molecular complexity index is 390. The topological polar surface area (TPSA) is 41.1 Å². The van der Waals surface area contributed by atoms with Gasteiger partial charge in [-0.2, -0.15) is 11.8 Å². The maximum atomic E-state index is 11.8. The number of carbonyl (C=O) groups is 1. The molecule has 1 atom stereocenters. The molecule has 1 aromatic carbocycles. The zero-order chi connectivity index (χ0) is 12.8. The molecular weight excluding hydrogens is 312 g/mol. The molecule has 2 rings (SSSR count). The Kier molecular flexibility index (Phi) is 5.53. The van der Waals surface area contributed by atoms with Gasteiger partial charge in [0.2, 0.25) is 0 Å². The first-order valence-corrected chi connectivity index (χ1v) is 8.05. The molecule has 1 saturated heterocycles. The van der Waals surface area contributed by atoms with Crippen molar-refractivity contribution >= 4 is 33.6 Å². The highest BCUT2D eigenvalue weighted by Gasteiger charge is 2.13. The number of rotatable bonds is 5. The average molecular weight is 329 g/mol. The fraction of sp³-hybridized carbons (Fsp3) is 0.462. The van der Waals surface area contributed by atoms with Gasteiger partial charge in [0.1, 0.15) is 0 Å². The molecule has 0 saturated carbocycles. The number of carbonyl (C=O) groups excluding carboxylic acids is 1. The number of amides is 1. The molecular formula is C13H17BrN2OS. The Morgan fingerprint density at radius 2 is 2.11 bits per heavy atom. The lowest BCUT2D eigenvalue weighted by Crippen LogP contribution is -2.37. The van der Waals surface area contributed by atoms with Gasteiger partial charge < -0.3 is 10.6 Å². The van der Waals surface area contributed by atoms with E-state index in [2.05, 4.69) is 26.6 Å². The van der Waals surface area contributed by atoms with Crippen LogP contribution in [0.15, 0.2) is 28.7 Å². The predicted molar refractivity (Wildman–Crippen MR) is 80.2 cm³/mol. The fourth-order valence-electron chi connectivity index (χ4n) is 1.85. The molecule has 18 heavy (non-hydrogen) atoms. The summed E-state index contributed by atoms with van der Waals surface area (Å²) in [5.74, 6) is 2.44. The lowest BCUT2D eigenvalue weighted by Gasteiger charge is -2.11. The van der Waals surface area contributed by atoms with Gasteiger partial charge in [0, 0.05) is 34.9 Å². The van der Waals surface area contributed by atoms with E-state index in [1.165, 1.54) is 17.9 Å². The molecule has 0 spiro atoms. The molecule has 1 aromatic rings. The number of benzene rings is 1. The summed E-state index contributed by atoms with van der Waals surface area (Å²) in [5.41, 5.74) is 0.703. The summed E-state index contributed by atoms with van der Waals surface area (Å²) in [6.45, 7) is 1.52. The van der Waals surface area contributed by atoms with Crippen LogP contribution in [0.5, 0.6) is 0 Å². The van der Waals surface area contributed by atoms with Crippen LogP contribution in [0, 0.1) is 0 Å². The zero-order valence-corrected chi connectivity index (χ0v) is 12.5. The second kappa shape index (κ2) is 7.16. The second-order valence-corrected chi connectivity index (χ2v) is 6.34. The maximum absolute atomic E-state index is 11.8. The Hall–Kier alpha value is -0.520. The predicted octanol–water partition coefficient (Wildman–Crippen LogP) is 2.27. The molecule has 0 radical (unpaired) electrons. The summed E-state index contributed by atoms with van der Waals surface area (Å²) < 4.78 is 0.986. The summed E-state index contributed by atoms with van der Waals surface area (Å²) in [4.78, 5) is 11.8. The average Bonchev–Trinajstić information content (AvgIpc) is 2.88. The minimum atomic E-state index is -0.00917. The third kappa shape index (κ3) is 4.30. The second-order valence-electron chi connectivity index (χ2n) is 4.28. The highest BCUT2D eigenvalue weighted by molar-refractivity contribution is 9.10. The van der Waals surface area contributed by atoms with Crippen molar-refractivity contribution in [1.29, 1.82) is 0 Å². The van der Waals surface area contributed by atoms with E-state index in [0.717, 1.165) is 11.0 Å². The van der Waals surface area contributed by atoms with E-state index in [1.54, 1.807) is 0 Å². The van der Waals surface area contributed by atoms with Crippen LogP contribution < -0.4 is 10.6 Å². The van der Waals surface area contributed by atoms with Gasteiger partial charge in [-0.05, 0) is 36.4 Å². The van der Waals surface area contributed by atoms with Crippen molar-refractivity contribution in [2.45, 2.75) is 12.5 Å². The third-order valence-electron chi connectivity index (χ3n) is 2.88. The lowest BCUT2D eigenvalue weighted by atomic mass is 10.2. The molecule has 0 bridgehead atoms. The smallest absolute Gasteiger partial charge is 0.251 e. The minimum Gasteiger partial charge on any atom is -0.351 e. The first kappa shape index (κ1) is 13.9. The molecule has 98 valence electrons. The molecule has 3 nitrogen and oxygen atoms in total. The Balaban J connectivity index is 1.66. The molecule has 1 aliphatic heterocycles. The SMILES string of the molecule is O=C(NCCNC1CCSC1)c1ccc(Br)cc1. The number of hydrogen-bond acceptors (Lipinski definition) is 3. The summed E-state index contributed by atoms with van der Waals surface area (Å²) in [6.07, 6.45) is 1.24. The van der Waals surface area contributed by atoms with Crippen molar-refractivity contribution in [2.75, 3.05) is 24.6 Å². The highest BCUT2D eigenvalue weighted by atomic mass is 79.9. The van der Waals surface area contributed by atoms with Gasteiger partial charge in [0.25, 0.3) is 5.91 Å². The molecule has 1 amide bonds. The number of thioether (sulfide) groups is 1. The molecule has 2 N–H and O–H groups in total. The largest absolute Gasteiger partial charge is 0.351 e. The molecule has 1 fully saturated rings. The van der Waals surface area contributed by atoms with Crippen LogP contribution in [0.2, 0.25) is 0 Å². The number of hydrogen-bond donors (Lipinski definition) is 2. The molecule has 1 heterocycles. The van der Waals surface area contributed by atoms with E-state index in [9.17, 15) is 4.79 Å². The van der Waals surface area contributed by atoms with Crippen LogP contribution in [0.3, 0.4) is 0 Å². The van der Waals surface area contributed by atoms with Crippen LogP contribution >= 0.6 is 27.7 Å². The highest BCUT2D eigenvalue weighted by Crippen LogP contribution is 2.16. The molecule has 5 heteroatoms. The fourth-order valence-corrected chi connectivity index (χ4v) is 3.30. The van der Waals surface area contributed by atoms with Crippen LogP contribution in [0.25, 0.3) is 0 Å². The molecule has 1 unspecified atom stereocenters. The van der Waals surface area contributed by atoms with Crippen molar-refractivity contribution in [3.8, 4) is 0 Å². The van der Waals surface area contributed by atoms with Gasteiger partial charge in [-0.15, -0.1) is 0 Å². The van der Waals surface area contributed by atoms with E-state index < -0.39 is 0 Å². The van der Waals surface area contributed by atoms with E-state index in [0.29, 0.717) is 18.2 Å². The minimum absolute atomic E-state index is 0.00917. The molecule has 0 aromatic heterocycles. The first-order chi connectivity index (χ1) is 8.75. The maximum Gasteiger partial charge on any atom is 0.251 e. The van der Waals surface area contributed by atoms with Crippen LogP contribution in [0.1, 0.15) is 16.8 Å². The van der Waals surface area contributed by atoms with Crippen molar-refractivity contribution in [3.05, 3.63) is 34.3 Å². The summed E-state index contributed by atoms with van der Waals surface area (Å²) in [5, 5.41) is 6.37. The van der Waals surface area contributed by atoms with E-state index in [-0.39, 0.29) is 5.91 Å². The number of halogens is 1. The lowest BCUT2D eigenvalue weighted by molar-refractivity contribution is 0.0953. The Morgan fingerprint density at radius 3 is 2.78 bits per heavy atom. The van der Waals surface area contributed by atoms with Crippen LogP contribution in [0.4, 0.5) is 0 Å². The van der Waals surface area contributed by atoms with Gasteiger partial charge in [-0.3, -0.25) is 4.79 Å². The van der Waals surface area contributed by atoms with Crippen molar-refractivity contribution in [2.24, 2.45) is 0 Å². The molecule has 0 aliphatic carbocycles. The van der Waals surface area contributed by atoms with Gasteiger partial charge in [-0.25, -0.2) is 0 Å². The standard InChI is InChI=1S/C13H17BrN2OS/c14-11-3-1-10(2-4-11)13(17)16-7-6-15-12-5-8-18-9-12/h1-4,12,15H,5-9H2,(H,16,17). The summed E-state index contributed by atoms with van der Waals surface area (Å²) in [6, 6.07) is 8.02. The van der Waals surface area contributed by atoms with E-state index in [4.69, 9.17) is 0 Å². The zero-order valence-electron chi connectivity index (χ0n) is 10.1. The van der Waals surface area contributed by atoms with Gasteiger partial charge in [-0.1, -0.05) is 15.9 Å². The third-order valence-corrected chi connectivity index (χ3v) is 4.57. The van der Waals surface area contributed by atoms with Gasteiger partial charge >= 0.3 is 0 Å². The first-order valence-electron chi connectivity index (χ1n) is 6.10. The van der Waals surface area contributed by atoms with Gasteiger partial charge in [0.05, 0.1) is 0 Å². The van der Waals surface area contributed by atoms with E-state index >= 15 is 0 Å². The van der Waals surface area contributed by atoms with Gasteiger partial charge in [0.15, 0.2) is 0 Å². The number of nitrogens with one attached hydrogen (secondary N) is 2. The quantitative estimate of drug-likeness (QED) is 0.815. The van der Waals surface area contributed by atoms with Crippen molar-refractivity contribution in [3.63, 3.8) is 0 Å². The Morgan fingerprint density at radius 1 is 1.33 bits per heavy atom. The van der Waals surface area contributed by atoms with Crippen LogP contribution in [-0.4, -0.2) is 36.5 Å². The van der Waals surface area contributed by atoms with Crippen molar-refractivity contribution in [1.82, 2.24) is 10.6 Å². The molecule has 1 aliphatic rings. The normalized spacial score (nSPS) is 18.8. The van der Waals surface area contributed by atoms with E-state index in [1.807, 2.05) is 36.0 Å².